The molecule has 0 aromatic heterocycles. The van der Waals surface area contributed by atoms with E-state index in [0.717, 1.165) is 18.6 Å². The van der Waals surface area contributed by atoms with E-state index in [1.807, 2.05) is 30.3 Å². The molecular weight excluding hydrogens is 384 g/mol. The molecule has 7 nitrogen and oxygen atoms in total. The number of ether oxygens (including phenoxy) is 1. The van der Waals surface area contributed by atoms with Crippen LogP contribution in [0.15, 0.2) is 30.3 Å². The summed E-state index contributed by atoms with van der Waals surface area (Å²) in [6.07, 6.45) is 7.20. The summed E-state index contributed by atoms with van der Waals surface area (Å²) >= 11 is 0. The molecule has 1 aliphatic heterocycles. The highest BCUT2D eigenvalue weighted by Crippen LogP contribution is 2.37. The van der Waals surface area contributed by atoms with Crippen molar-refractivity contribution in [2.24, 2.45) is 11.8 Å². The summed E-state index contributed by atoms with van der Waals surface area (Å²) in [5.74, 6) is 0.0312. The molecule has 1 aromatic rings. The normalized spacial score (nSPS) is 21.9. The Labute approximate surface area is 177 Å². The third-order valence-electron chi connectivity index (χ3n) is 6.25. The number of nitrogens with zero attached hydrogens (tertiary/aromatic N) is 1. The van der Waals surface area contributed by atoms with Gasteiger partial charge in [-0.2, -0.15) is 0 Å². The molecule has 7 heteroatoms. The first kappa shape index (κ1) is 22.1. The van der Waals surface area contributed by atoms with Gasteiger partial charge >= 0.3 is 5.97 Å². The third-order valence-corrected chi connectivity index (χ3v) is 6.25. The molecule has 30 heavy (non-hydrogen) atoms. The maximum Gasteiger partial charge on any atom is 0.326 e. The Kier molecular flexibility index (Phi) is 8.11. The average Bonchev–Trinajstić information content (AvgIpc) is 3.22. The van der Waals surface area contributed by atoms with Crippen molar-refractivity contribution >= 4 is 17.8 Å². The van der Waals surface area contributed by atoms with E-state index in [9.17, 15) is 19.5 Å². The smallest absolute Gasteiger partial charge is 0.326 e. The van der Waals surface area contributed by atoms with Gasteiger partial charge in [-0.25, -0.2) is 4.79 Å². The molecule has 1 heterocycles. The zero-order valence-corrected chi connectivity index (χ0v) is 17.4. The van der Waals surface area contributed by atoms with Crippen LogP contribution in [0, 0.1) is 11.8 Å². The number of rotatable bonds is 9. The van der Waals surface area contributed by atoms with E-state index in [1.54, 1.807) is 0 Å². The summed E-state index contributed by atoms with van der Waals surface area (Å²) in [5.41, 5.74) is 0. The molecule has 3 rings (SSSR count). The van der Waals surface area contributed by atoms with Gasteiger partial charge in [0.2, 0.25) is 11.8 Å². The number of carbonyl (C=O) groups is 3. The van der Waals surface area contributed by atoms with Crippen LogP contribution in [0.3, 0.4) is 0 Å². The lowest BCUT2D eigenvalue weighted by Crippen LogP contribution is -2.45. The van der Waals surface area contributed by atoms with Gasteiger partial charge in [-0.1, -0.05) is 50.3 Å². The lowest BCUT2D eigenvalue weighted by molar-refractivity contribution is -0.148. The number of benzene rings is 1. The minimum absolute atomic E-state index is 0.153. The predicted octanol–water partition coefficient (Wildman–Crippen LogP) is 2.84. The van der Waals surface area contributed by atoms with Gasteiger partial charge in [0.15, 0.2) is 0 Å². The SMILES string of the molecule is O=C(CCCOc1ccccc1)NCC(=O)N1CC(C2CCCCC2)C[C@@H]1C(=O)O. The molecule has 2 aliphatic rings. The Hall–Kier alpha value is -2.57. The monoisotopic (exact) mass is 416 g/mol. The standard InChI is InChI=1S/C23H32N2O5/c26-21(12-7-13-30-19-10-5-2-6-11-19)24-15-22(27)25-16-18(14-20(25)23(28)29)17-8-3-1-4-9-17/h2,5-6,10-11,17-18,20H,1,3-4,7-9,12-16H2,(H,24,26)(H,28,29)/t18?,20-/m1/s1. The number of amides is 2. The highest BCUT2D eigenvalue weighted by Gasteiger charge is 2.42. The summed E-state index contributed by atoms with van der Waals surface area (Å²) in [6.45, 7) is 0.752. The molecule has 2 amide bonds. The molecule has 2 atom stereocenters. The van der Waals surface area contributed by atoms with Crippen molar-refractivity contribution in [1.82, 2.24) is 10.2 Å². The summed E-state index contributed by atoms with van der Waals surface area (Å²) in [6, 6.07) is 8.61. The van der Waals surface area contributed by atoms with Gasteiger partial charge in [0.05, 0.1) is 13.2 Å². The average molecular weight is 417 g/mol. The highest BCUT2D eigenvalue weighted by molar-refractivity contribution is 5.88. The van der Waals surface area contributed by atoms with Crippen LogP contribution in [0.25, 0.3) is 0 Å². The number of carboxylic acids is 1. The quantitative estimate of drug-likeness (QED) is 0.604. The van der Waals surface area contributed by atoms with Crippen LogP contribution in [-0.4, -0.2) is 53.5 Å². The van der Waals surface area contributed by atoms with Crippen molar-refractivity contribution in [3.63, 3.8) is 0 Å². The summed E-state index contributed by atoms with van der Waals surface area (Å²) in [5, 5.41) is 12.2. The molecule has 0 radical (unpaired) electrons. The maximum atomic E-state index is 12.6. The Morgan fingerprint density at radius 1 is 1.07 bits per heavy atom. The number of para-hydroxylation sites is 1. The van der Waals surface area contributed by atoms with Gasteiger partial charge in [-0.3, -0.25) is 9.59 Å². The van der Waals surface area contributed by atoms with Crippen molar-refractivity contribution in [2.45, 2.75) is 57.4 Å². The number of carboxylic acid groups (broad SMARTS) is 1. The molecular formula is C23H32N2O5. The second-order valence-electron chi connectivity index (χ2n) is 8.34. The summed E-state index contributed by atoms with van der Waals surface area (Å²) in [4.78, 5) is 37.8. The molecule has 0 spiro atoms. The second-order valence-corrected chi connectivity index (χ2v) is 8.34. The first-order valence-corrected chi connectivity index (χ1v) is 11.0. The van der Waals surface area contributed by atoms with Gasteiger partial charge in [-0.05, 0) is 36.8 Å². The lowest BCUT2D eigenvalue weighted by Gasteiger charge is -2.27. The molecule has 1 aromatic carbocycles. The molecule has 1 saturated heterocycles. The first-order chi connectivity index (χ1) is 14.5. The molecule has 0 bridgehead atoms. The van der Waals surface area contributed by atoms with E-state index < -0.39 is 12.0 Å². The minimum atomic E-state index is -0.953. The Morgan fingerprint density at radius 3 is 2.50 bits per heavy atom. The van der Waals surface area contributed by atoms with E-state index >= 15 is 0 Å². The lowest BCUT2D eigenvalue weighted by atomic mass is 9.79. The van der Waals surface area contributed by atoms with Crippen LogP contribution in [0.4, 0.5) is 0 Å². The van der Waals surface area contributed by atoms with Crippen molar-refractivity contribution < 1.29 is 24.2 Å². The van der Waals surface area contributed by atoms with Gasteiger partial charge in [0.25, 0.3) is 0 Å². The van der Waals surface area contributed by atoms with E-state index in [4.69, 9.17) is 4.74 Å². The Balaban J connectivity index is 1.40. The maximum absolute atomic E-state index is 12.6. The topological polar surface area (TPSA) is 95.9 Å². The Bertz CT molecular complexity index is 718. The summed E-state index contributed by atoms with van der Waals surface area (Å²) in [7, 11) is 0. The highest BCUT2D eigenvalue weighted by atomic mass is 16.5. The fraction of sp³-hybridized carbons (Fsp3) is 0.609. The van der Waals surface area contributed by atoms with Crippen LogP contribution < -0.4 is 10.1 Å². The summed E-state index contributed by atoms with van der Waals surface area (Å²) < 4.78 is 5.55. The fourth-order valence-electron chi connectivity index (χ4n) is 4.63. The van der Waals surface area contributed by atoms with Crippen molar-refractivity contribution in [3.05, 3.63) is 30.3 Å². The van der Waals surface area contributed by atoms with Gasteiger partial charge in [0, 0.05) is 13.0 Å². The van der Waals surface area contributed by atoms with Crippen LogP contribution in [0.2, 0.25) is 0 Å². The number of likely N-dealkylation sites (tertiary alicyclic amines) is 1. The molecule has 164 valence electrons. The minimum Gasteiger partial charge on any atom is -0.494 e. The predicted molar refractivity (Wildman–Crippen MR) is 112 cm³/mol. The number of hydrogen-bond donors (Lipinski definition) is 2. The fourth-order valence-corrected chi connectivity index (χ4v) is 4.63. The van der Waals surface area contributed by atoms with E-state index in [1.165, 1.54) is 24.2 Å². The van der Waals surface area contributed by atoms with Crippen molar-refractivity contribution in [3.8, 4) is 5.75 Å². The van der Waals surface area contributed by atoms with Crippen LogP contribution in [0.1, 0.15) is 51.4 Å². The first-order valence-electron chi connectivity index (χ1n) is 11.0. The number of aliphatic carboxylic acids is 1. The van der Waals surface area contributed by atoms with Crippen LogP contribution in [-0.2, 0) is 14.4 Å². The van der Waals surface area contributed by atoms with E-state index in [-0.39, 0.29) is 30.7 Å². The Morgan fingerprint density at radius 2 is 1.80 bits per heavy atom. The number of carbonyl (C=O) groups excluding carboxylic acids is 2. The second kappa shape index (κ2) is 11.0. The van der Waals surface area contributed by atoms with Gasteiger partial charge in [0.1, 0.15) is 11.8 Å². The number of hydrogen-bond acceptors (Lipinski definition) is 4. The van der Waals surface area contributed by atoms with Crippen LogP contribution in [0.5, 0.6) is 5.75 Å². The van der Waals surface area contributed by atoms with Gasteiger partial charge in [-0.15, -0.1) is 0 Å². The zero-order valence-electron chi connectivity index (χ0n) is 17.4. The zero-order chi connectivity index (χ0) is 21.3. The van der Waals surface area contributed by atoms with E-state index in [2.05, 4.69) is 5.32 Å². The molecule has 1 unspecified atom stereocenters. The molecule has 1 aliphatic carbocycles. The van der Waals surface area contributed by atoms with Crippen LogP contribution >= 0.6 is 0 Å². The van der Waals surface area contributed by atoms with Crippen molar-refractivity contribution in [2.75, 3.05) is 19.7 Å². The molecule has 1 saturated carbocycles. The third kappa shape index (κ3) is 6.21. The molecule has 2 N–H and O–H groups in total. The van der Waals surface area contributed by atoms with Crippen molar-refractivity contribution in [1.29, 1.82) is 0 Å². The number of nitrogens with one attached hydrogen (secondary N) is 1. The largest absolute Gasteiger partial charge is 0.494 e. The van der Waals surface area contributed by atoms with Gasteiger partial charge < -0.3 is 20.1 Å². The van der Waals surface area contributed by atoms with E-state index in [0.29, 0.717) is 31.9 Å². The molecule has 2 fully saturated rings.